The van der Waals surface area contributed by atoms with Crippen molar-refractivity contribution in [2.45, 2.75) is 6.54 Å². The number of nitrogens with one attached hydrogen (secondary N) is 1. The molecule has 0 saturated carbocycles. The molecule has 4 rings (SSSR count). The number of amides is 2. The molecule has 1 N–H and O–H groups in total. The predicted octanol–water partition coefficient (Wildman–Crippen LogP) is 4.02. The van der Waals surface area contributed by atoms with Crippen molar-refractivity contribution in [3.05, 3.63) is 95.2 Å². The minimum absolute atomic E-state index is 0.173. The van der Waals surface area contributed by atoms with Crippen molar-refractivity contribution in [3.63, 3.8) is 0 Å². The number of nitrogens with zero attached hydrogens (tertiary/aromatic N) is 1. The van der Waals surface area contributed by atoms with Gasteiger partial charge in [-0.05, 0) is 53.6 Å². The Kier molecular flexibility index (Phi) is 5.71. The van der Waals surface area contributed by atoms with Gasteiger partial charge in [0, 0.05) is 19.2 Å². The van der Waals surface area contributed by atoms with E-state index < -0.39 is 0 Å². The monoisotopic (exact) mass is 414 g/mol. The fourth-order valence-corrected chi connectivity index (χ4v) is 3.26. The molecule has 0 aromatic heterocycles. The molecule has 156 valence electrons. The average molecular weight is 414 g/mol. The van der Waals surface area contributed by atoms with Gasteiger partial charge in [0.25, 0.3) is 11.8 Å². The lowest BCUT2D eigenvalue weighted by atomic mass is 10.1. The molecule has 1 heterocycles. The van der Waals surface area contributed by atoms with E-state index in [0.29, 0.717) is 17.9 Å². The van der Waals surface area contributed by atoms with Crippen LogP contribution in [0.1, 0.15) is 21.5 Å². The summed E-state index contributed by atoms with van der Waals surface area (Å²) < 4.78 is 10.9. The summed E-state index contributed by atoms with van der Waals surface area (Å²) in [4.78, 5) is 26.6. The van der Waals surface area contributed by atoms with Crippen LogP contribution in [0.15, 0.2) is 78.6 Å². The fourth-order valence-electron chi connectivity index (χ4n) is 3.26. The molecule has 0 saturated heterocycles. The molecule has 1 aliphatic rings. The van der Waals surface area contributed by atoms with Gasteiger partial charge in [-0.2, -0.15) is 0 Å². The predicted molar refractivity (Wildman–Crippen MR) is 119 cm³/mol. The standard InChI is InChI=1S/C25H22N2O4/c1-27-21-5-3-4-6-22(21)31-23(25(27)29)15-17-7-11-19(12-8-17)24(28)26-16-18-9-13-20(30-2)14-10-18/h3-15H,16H2,1-2H3,(H,26,28)/b23-15-. The number of fused-ring (bicyclic) bond motifs is 1. The third-order valence-corrected chi connectivity index (χ3v) is 5.04. The molecule has 0 fully saturated rings. The first-order valence-corrected chi connectivity index (χ1v) is 9.83. The number of anilines is 1. The number of likely N-dealkylation sites (N-methyl/N-ethyl adjacent to an activating group) is 1. The van der Waals surface area contributed by atoms with Gasteiger partial charge in [-0.3, -0.25) is 9.59 Å². The summed E-state index contributed by atoms with van der Waals surface area (Å²) in [6.07, 6.45) is 1.67. The van der Waals surface area contributed by atoms with E-state index >= 15 is 0 Å². The lowest BCUT2D eigenvalue weighted by Crippen LogP contribution is -2.33. The van der Waals surface area contributed by atoms with E-state index in [0.717, 1.165) is 22.6 Å². The largest absolute Gasteiger partial charge is 0.497 e. The number of benzene rings is 3. The van der Waals surface area contributed by atoms with Crippen LogP contribution in [0.5, 0.6) is 11.5 Å². The number of methoxy groups -OCH3 is 1. The van der Waals surface area contributed by atoms with Crippen LogP contribution in [-0.2, 0) is 11.3 Å². The lowest BCUT2D eigenvalue weighted by molar-refractivity contribution is -0.117. The summed E-state index contributed by atoms with van der Waals surface area (Å²) in [6, 6.07) is 21.9. The Balaban J connectivity index is 1.43. The van der Waals surface area contributed by atoms with E-state index in [1.54, 1.807) is 49.4 Å². The lowest BCUT2D eigenvalue weighted by Gasteiger charge is -2.27. The molecule has 31 heavy (non-hydrogen) atoms. The van der Waals surface area contributed by atoms with Gasteiger partial charge in [-0.25, -0.2) is 0 Å². The number of carbonyl (C=O) groups is 2. The van der Waals surface area contributed by atoms with Crippen molar-refractivity contribution in [2.24, 2.45) is 0 Å². The summed E-state index contributed by atoms with van der Waals surface area (Å²) in [5.41, 5.74) is 3.01. The van der Waals surface area contributed by atoms with Gasteiger partial charge < -0.3 is 19.7 Å². The highest BCUT2D eigenvalue weighted by Gasteiger charge is 2.27. The Morgan fingerprint density at radius 1 is 1.03 bits per heavy atom. The van der Waals surface area contributed by atoms with Gasteiger partial charge in [0.1, 0.15) is 5.75 Å². The van der Waals surface area contributed by atoms with E-state index in [9.17, 15) is 9.59 Å². The van der Waals surface area contributed by atoms with Crippen LogP contribution in [0.3, 0.4) is 0 Å². The Hall–Kier alpha value is -4.06. The van der Waals surface area contributed by atoms with Crippen LogP contribution in [0.2, 0.25) is 0 Å². The van der Waals surface area contributed by atoms with Crippen LogP contribution in [-0.4, -0.2) is 26.0 Å². The zero-order valence-corrected chi connectivity index (χ0v) is 17.3. The smallest absolute Gasteiger partial charge is 0.293 e. The minimum Gasteiger partial charge on any atom is -0.497 e. The maximum absolute atomic E-state index is 12.6. The second-order valence-electron chi connectivity index (χ2n) is 7.10. The van der Waals surface area contributed by atoms with Crippen molar-refractivity contribution in [1.82, 2.24) is 5.32 Å². The number of rotatable bonds is 5. The van der Waals surface area contributed by atoms with Crippen LogP contribution < -0.4 is 19.7 Å². The van der Waals surface area contributed by atoms with Gasteiger partial charge in [0.05, 0.1) is 12.8 Å². The molecule has 1 aliphatic heterocycles. The molecule has 0 radical (unpaired) electrons. The molecule has 0 atom stereocenters. The normalized spacial score (nSPS) is 14.1. The number of ether oxygens (including phenoxy) is 2. The quantitative estimate of drug-likeness (QED) is 0.641. The van der Waals surface area contributed by atoms with Crippen molar-refractivity contribution in [3.8, 4) is 11.5 Å². The maximum Gasteiger partial charge on any atom is 0.293 e. The molecule has 6 nitrogen and oxygen atoms in total. The molecular weight excluding hydrogens is 392 g/mol. The zero-order valence-electron chi connectivity index (χ0n) is 17.3. The van der Waals surface area contributed by atoms with Crippen LogP contribution >= 0.6 is 0 Å². The topological polar surface area (TPSA) is 67.9 Å². The Labute approximate surface area is 180 Å². The first-order valence-electron chi connectivity index (χ1n) is 9.83. The second kappa shape index (κ2) is 8.75. The number of hydrogen-bond donors (Lipinski definition) is 1. The Morgan fingerprint density at radius 2 is 1.74 bits per heavy atom. The van der Waals surface area contributed by atoms with E-state index in [2.05, 4.69) is 5.32 Å². The Morgan fingerprint density at radius 3 is 2.45 bits per heavy atom. The molecular formula is C25H22N2O4. The highest BCUT2D eigenvalue weighted by molar-refractivity contribution is 6.09. The van der Waals surface area contributed by atoms with Gasteiger partial charge in [-0.15, -0.1) is 0 Å². The van der Waals surface area contributed by atoms with Gasteiger partial charge in [-0.1, -0.05) is 36.4 Å². The van der Waals surface area contributed by atoms with Gasteiger partial charge in [0.15, 0.2) is 11.5 Å². The summed E-state index contributed by atoms with van der Waals surface area (Å²) in [5.74, 6) is 1.24. The summed E-state index contributed by atoms with van der Waals surface area (Å²) in [5, 5.41) is 2.90. The van der Waals surface area contributed by atoms with Crippen molar-refractivity contribution >= 4 is 23.6 Å². The van der Waals surface area contributed by atoms with Gasteiger partial charge in [0.2, 0.25) is 0 Å². The van der Waals surface area contributed by atoms with Crippen LogP contribution in [0.4, 0.5) is 5.69 Å². The summed E-state index contributed by atoms with van der Waals surface area (Å²) in [7, 11) is 3.33. The molecule has 0 aliphatic carbocycles. The molecule has 0 unspecified atom stereocenters. The highest BCUT2D eigenvalue weighted by atomic mass is 16.5. The van der Waals surface area contributed by atoms with E-state index in [-0.39, 0.29) is 17.6 Å². The van der Waals surface area contributed by atoms with E-state index in [4.69, 9.17) is 9.47 Å². The molecule has 3 aromatic carbocycles. The number of carbonyl (C=O) groups excluding carboxylic acids is 2. The van der Waals surface area contributed by atoms with E-state index in [1.807, 2.05) is 48.5 Å². The SMILES string of the molecule is COc1ccc(CNC(=O)c2ccc(/C=C3\Oc4ccccc4N(C)C3=O)cc2)cc1. The number of para-hydroxylation sites is 2. The van der Waals surface area contributed by atoms with E-state index in [1.165, 1.54) is 0 Å². The van der Waals surface area contributed by atoms with Crippen molar-refractivity contribution < 1.29 is 19.1 Å². The maximum atomic E-state index is 12.6. The third kappa shape index (κ3) is 4.43. The second-order valence-corrected chi connectivity index (χ2v) is 7.10. The van der Waals surface area contributed by atoms with Crippen LogP contribution in [0.25, 0.3) is 6.08 Å². The average Bonchev–Trinajstić information content (AvgIpc) is 2.81. The first kappa shape index (κ1) is 20.2. The third-order valence-electron chi connectivity index (χ3n) is 5.04. The summed E-state index contributed by atoms with van der Waals surface area (Å²) >= 11 is 0. The van der Waals surface area contributed by atoms with Crippen LogP contribution in [0, 0.1) is 0 Å². The molecule has 0 bridgehead atoms. The molecule has 3 aromatic rings. The zero-order chi connectivity index (χ0) is 21.8. The Bertz CT molecular complexity index is 1130. The van der Waals surface area contributed by atoms with Crippen molar-refractivity contribution in [2.75, 3.05) is 19.1 Å². The fraction of sp³-hybridized carbons (Fsp3) is 0.120. The van der Waals surface area contributed by atoms with Gasteiger partial charge >= 0.3 is 0 Å². The molecule has 0 spiro atoms. The first-order chi connectivity index (χ1) is 15.0. The highest BCUT2D eigenvalue weighted by Crippen LogP contribution is 2.34. The summed E-state index contributed by atoms with van der Waals surface area (Å²) in [6.45, 7) is 0.419. The van der Waals surface area contributed by atoms with Crippen molar-refractivity contribution in [1.29, 1.82) is 0 Å². The minimum atomic E-state index is -0.222. The number of hydrogen-bond acceptors (Lipinski definition) is 4. The molecule has 2 amide bonds. The molecule has 6 heteroatoms.